The molecule has 1 aromatic heterocycles. The molecule has 2 fully saturated rings. The van der Waals surface area contributed by atoms with Gasteiger partial charge in [0.15, 0.2) is 0 Å². The van der Waals surface area contributed by atoms with Crippen molar-refractivity contribution >= 4 is 0 Å². The van der Waals surface area contributed by atoms with Crippen molar-refractivity contribution in [2.75, 3.05) is 32.7 Å². The maximum atomic E-state index is 4.12. The summed E-state index contributed by atoms with van der Waals surface area (Å²) in [6, 6.07) is 2.96. The summed E-state index contributed by atoms with van der Waals surface area (Å²) >= 11 is 0. The van der Waals surface area contributed by atoms with Gasteiger partial charge in [0.25, 0.3) is 0 Å². The van der Waals surface area contributed by atoms with E-state index >= 15 is 0 Å². The Morgan fingerprint density at radius 3 is 2.71 bits per heavy atom. The van der Waals surface area contributed by atoms with Crippen LogP contribution in [0.3, 0.4) is 0 Å². The minimum absolute atomic E-state index is 0.662. The van der Waals surface area contributed by atoms with Gasteiger partial charge in [-0.05, 0) is 57.3 Å². The van der Waals surface area contributed by atoms with Crippen molar-refractivity contribution in [2.45, 2.75) is 51.5 Å². The quantitative estimate of drug-likeness (QED) is 0.926. The summed E-state index contributed by atoms with van der Waals surface area (Å²) in [7, 11) is 0. The van der Waals surface area contributed by atoms with Gasteiger partial charge in [-0.3, -0.25) is 10.00 Å². The van der Waals surface area contributed by atoms with Gasteiger partial charge in [0, 0.05) is 36.9 Å². The largest absolute Gasteiger partial charge is 0.303 e. The van der Waals surface area contributed by atoms with Crippen LogP contribution in [0.5, 0.6) is 0 Å². The van der Waals surface area contributed by atoms with Gasteiger partial charge in [-0.25, -0.2) is 0 Å². The van der Waals surface area contributed by atoms with Crippen molar-refractivity contribution in [3.63, 3.8) is 0 Å². The Bertz CT molecular complexity index is 406. The van der Waals surface area contributed by atoms with Crippen molar-refractivity contribution in [1.82, 2.24) is 20.0 Å². The van der Waals surface area contributed by atoms with Crippen LogP contribution in [0.25, 0.3) is 0 Å². The Balaban J connectivity index is 1.51. The van der Waals surface area contributed by atoms with Gasteiger partial charge < -0.3 is 4.90 Å². The molecule has 4 nitrogen and oxygen atoms in total. The summed E-state index contributed by atoms with van der Waals surface area (Å²) in [6.07, 6.45) is 7.23. The van der Waals surface area contributed by atoms with Crippen LogP contribution in [0.2, 0.25) is 0 Å². The average Bonchev–Trinajstić information content (AvgIpc) is 3.02. The third-order valence-corrected chi connectivity index (χ3v) is 5.11. The van der Waals surface area contributed by atoms with Crippen molar-refractivity contribution < 1.29 is 0 Å². The number of hydrogen-bond acceptors (Lipinski definition) is 3. The smallest absolute Gasteiger partial charge is 0.0490 e. The van der Waals surface area contributed by atoms with E-state index < -0.39 is 0 Å². The number of likely N-dealkylation sites (tertiary alicyclic amines) is 2. The molecule has 0 unspecified atom stereocenters. The monoisotopic (exact) mass is 290 g/mol. The first-order valence-electron chi connectivity index (χ1n) is 8.68. The molecule has 0 spiro atoms. The summed E-state index contributed by atoms with van der Waals surface area (Å²) in [5, 5.41) is 7.30. The molecule has 1 aromatic rings. The zero-order valence-corrected chi connectivity index (χ0v) is 13.6. The van der Waals surface area contributed by atoms with Gasteiger partial charge >= 0.3 is 0 Å². The van der Waals surface area contributed by atoms with Crippen molar-refractivity contribution in [3.05, 3.63) is 18.0 Å². The fourth-order valence-electron chi connectivity index (χ4n) is 4.07. The molecule has 2 aliphatic rings. The predicted octanol–water partition coefficient (Wildman–Crippen LogP) is 2.71. The predicted molar refractivity (Wildman–Crippen MR) is 86.4 cm³/mol. The van der Waals surface area contributed by atoms with E-state index in [1.165, 1.54) is 64.1 Å². The molecule has 4 heteroatoms. The third-order valence-electron chi connectivity index (χ3n) is 5.11. The average molecular weight is 290 g/mol. The molecule has 0 saturated carbocycles. The Morgan fingerprint density at radius 1 is 1.24 bits per heavy atom. The van der Waals surface area contributed by atoms with Crippen molar-refractivity contribution in [2.24, 2.45) is 5.92 Å². The number of nitrogens with zero attached hydrogens (tertiary/aromatic N) is 3. The van der Waals surface area contributed by atoms with Crippen molar-refractivity contribution in [3.8, 4) is 0 Å². The lowest BCUT2D eigenvalue weighted by atomic mass is 9.91. The van der Waals surface area contributed by atoms with Crippen LogP contribution in [-0.2, 0) is 0 Å². The highest BCUT2D eigenvalue weighted by Crippen LogP contribution is 2.29. The maximum absolute atomic E-state index is 4.12. The summed E-state index contributed by atoms with van der Waals surface area (Å²) in [5.41, 5.74) is 1.33. The Labute approximate surface area is 128 Å². The van der Waals surface area contributed by atoms with Crippen LogP contribution in [-0.4, -0.2) is 58.8 Å². The first kappa shape index (κ1) is 15.0. The number of aromatic amines is 1. The Morgan fingerprint density at radius 2 is 2.05 bits per heavy atom. The number of piperidine rings is 2. The van der Waals surface area contributed by atoms with E-state index in [9.17, 15) is 0 Å². The second-order valence-corrected chi connectivity index (χ2v) is 7.27. The highest BCUT2D eigenvalue weighted by molar-refractivity contribution is 5.08. The van der Waals surface area contributed by atoms with Crippen LogP contribution >= 0.6 is 0 Å². The summed E-state index contributed by atoms with van der Waals surface area (Å²) in [6.45, 7) is 11.0. The second kappa shape index (κ2) is 6.93. The molecule has 3 rings (SSSR count). The van der Waals surface area contributed by atoms with E-state index in [0.29, 0.717) is 5.92 Å². The lowest BCUT2D eigenvalue weighted by Gasteiger charge is -2.42. The first-order chi connectivity index (χ1) is 10.2. The highest BCUT2D eigenvalue weighted by atomic mass is 15.2. The fourth-order valence-corrected chi connectivity index (χ4v) is 4.07. The van der Waals surface area contributed by atoms with Crippen molar-refractivity contribution in [1.29, 1.82) is 0 Å². The van der Waals surface area contributed by atoms with Gasteiger partial charge in [0.2, 0.25) is 0 Å². The molecular formula is C17H30N4. The van der Waals surface area contributed by atoms with Gasteiger partial charge in [0.1, 0.15) is 0 Å². The zero-order chi connectivity index (χ0) is 14.7. The number of nitrogens with one attached hydrogen (secondary N) is 1. The van der Waals surface area contributed by atoms with E-state index in [4.69, 9.17) is 0 Å². The van der Waals surface area contributed by atoms with E-state index in [1.807, 2.05) is 6.20 Å². The van der Waals surface area contributed by atoms with Gasteiger partial charge in [-0.2, -0.15) is 5.10 Å². The summed E-state index contributed by atoms with van der Waals surface area (Å²) in [5.74, 6) is 1.45. The lowest BCUT2D eigenvalue weighted by Crippen LogP contribution is -2.48. The normalized spacial score (nSPS) is 26.5. The highest BCUT2D eigenvalue weighted by Gasteiger charge is 2.29. The van der Waals surface area contributed by atoms with Gasteiger partial charge in [-0.15, -0.1) is 0 Å². The zero-order valence-electron chi connectivity index (χ0n) is 13.6. The van der Waals surface area contributed by atoms with E-state index in [1.54, 1.807) is 0 Å². The molecule has 0 radical (unpaired) electrons. The molecule has 0 aliphatic carbocycles. The number of hydrogen-bond donors (Lipinski definition) is 1. The molecule has 0 bridgehead atoms. The maximum Gasteiger partial charge on any atom is 0.0490 e. The molecule has 118 valence electrons. The molecule has 21 heavy (non-hydrogen) atoms. The number of rotatable bonds is 4. The van der Waals surface area contributed by atoms with Crippen LogP contribution in [0.15, 0.2) is 12.3 Å². The molecule has 3 heterocycles. The van der Waals surface area contributed by atoms with Crippen LogP contribution in [0.1, 0.15) is 51.1 Å². The summed E-state index contributed by atoms with van der Waals surface area (Å²) in [4.78, 5) is 5.40. The Hall–Kier alpha value is -0.870. The SMILES string of the molecule is CC(C)CN1CCC(N2CCC[C@H](c3ccn[nH]3)C2)CC1. The van der Waals surface area contributed by atoms with Crippen LogP contribution < -0.4 is 0 Å². The van der Waals surface area contributed by atoms with Gasteiger partial charge in [0.05, 0.1) is 0 Å². The standard InChI is InChI=1S/C17H30N4/c1-14(2)12-20-10-6-16(7-11-20)21-9-3-4-15(13-21)17-5-8-18-19-17/h5,8,14-16H,3-4,6-7,9-13H2,1-2H3,(H,18,19)/t15-/m0/s1. The Kier molecular flexibility index (Phi) is 4.96. The van der Waals surface area contributed by atoms with E-state index in [0.717, 1.165) is 12.0 Å². The molecule has 2 saturated heterocycles. The second-order valence-electron chi connectivity index (χ2n) is 7.27. The molecular weight excluding hydrogens is 260 g/mol. The minimum Gasteiger partial charge on any atom is -0.303 e. The fraction of sp³-hybridized carbons (Fsp3) is 0.824. The van der Waals surface area contributed by atoms with E-state index in [2.05, 4.69) is 39.9 Å². The topological polar surface area (TPSA) is 35.2 Å². The van der Waals surface area contributed by atoms with Crippen LogP contribution in [0, 0.1) is 5.92 Å². The third kappa shape index (κ3) is 3.86. The van der Waals surface area contributed by atoms with E-state index in [-0.39, 0.29) is 0 Å². The minimum atomic E-state index is 0.662. The molecule has 0 amide bonds. The summed E-state index contributed by atoms with van der Waals surface area (Å²) < 4.78 is 0. The number of aromatic nitrogens is 2. The number of H-pyrrole nitrogens is 1. The molecule has 1 N–H and O–H groups in total. The first-order valence-corrected chi connectivity index (χ1v) is 8.68. The van der Waals surface area contributed by atoms with Gasteiger partial charge in [-0.1, -0.05) is 13.8 Å². The van der Waals surface area contributed by atoms with Crippen LogP contribution in [0.4, 0.5) is 0 Å². The lowest BCUT2D eigenvalue weighted by molar-refractivity contribution is 0.0801. The molecule has 2 aliphatic heterocycles. The molecule has 0 aromatic carbocycles. The molecule has 1 atom stereocenters.